The molecule has 1 aromatic heterocycles. The van der Waals surface area contributed by atoms with Gasteiger partial charge in [-0.2, -0.15) is 5.10 Å². The van der Waals surface area contributed by atoms with Crippen molar-refractivity contribution < 1.29 is 4.79 Å². The van der Waals surface area contributed by atoms with E-state index in [1.165, 1.54) is 0 Å². The quantitative estimate of drug-likeness (QED) is 0.901. The molecule has 1 aromatic carbocycles. The van der Waals surface area contributed by atoms with Gasteiger partial charge >= 0.3 is 0 Å². The second kappa shape index (κ2) is 6.10. The summed E-state index contributed by atoms with van der Waals surface area (Å²) in [4.78, 5) is 12.1. The minimum absolute atomic E-state index is 0.141. The molecule has 5 nitrogen and oxygen atoms in total. The van der Waals surface area contributed by atoms with Gasteiger partial charge in [0.05, 0.1) is 11.7 Å². The molecule has 0 radical (unpaired) electrons. The lowest BCUT2D eigenvalue weighted by Crippen LogP contribution is -2.48. The van der Waals surface area contributed by atoms with Gasteiger partial charge in [-0.25, -0.2) is 4.68 Å². The maximum absolute atomic E-state index is 12.1. The Morgan fingerprint density at radius 1 is 1.33 bits per heavy atom. The average molecular weight is 286 g/mol. The van der Waals surface area contributed by atoms with Crippen LogP contribution in [0, 0.1) is 5.41 Å². The molecule has 5 heteroatoms. The fourth-order valence-corrected chi connectivity index (χ4v) is 1.98. The van der Waals surface area contributed by atoms with E-state index in [0.29, 0.717) is 6.54 Å². The van der Waals surface area contributed by atoms with Crippen molar-refractivity contribution in [1.82, 2.24) is 15.1 Å². The minimum Gasteiger partial charge on any atom is -0.351 e. The maximum Gasteiger partial charge on any atom is 0.237 e. The predicted molar refractivity (Wildman–Crippen MR) is 82.8 cm³/mol. The average Bonchev–Trinajstić information content (AvgIpc) is 2.97. The van der Waals surface area contributed by atoms with Crippen molar-refractivity contribution in [3.63, 3.8) is 0 Å². The van der Waals surface area contributed by atoms with Crippen LogP contribution in [0.2, 0.25) is 0 Å². The lowest BCUT2D eigenvalue weighted by Gasteiger charge is -2.26. The number of carbonyl (C=O) groups is 1. The smallest absolute Gasteiger partial charge is 0.237 e. The molecule has 1 heterocycles. The van der Waals surface area contributed by atoms with Gasteiger partial charge in [-0.3, -0.25) is 4.79 Å². The zero-order valence-electron chi connectivity index (χ0n) is 12.7. The molecule has 0 saturated carbocycles. The molecule has 112 valence electrons. The van der Waals surface area contributed by atoms with E-state index in [9.17, 15) is 4.79 Å². The SMILES string of the molecule is CC(C)(C)[C@H](N)C(=O)NCc1ccccc1-n1cccn1. The monoisotopic (exact) mass is 286 g/mol. The fraction of sp³-hybridized carbons (Fsp3) is 0.375. The number of carbonyl (C=O) groups excluding carboxylic acids is 1. The molecular formula is C16H22N4O. The third kappa shape index (κ3) is 3.70. The molecule has 2 rings (SSSR count). The summed E-state index contributed by atoms with van der Waals surface area (Å²) in [5.41, 5.74) is 7.65. The van der Waals surface area contributed by atoms with Gasteiger partial charge in [0.1, 0.15) is 0 Å². The van der Waals surface area contributed by atoms with E-state index < -0.39 is 6.04 Å². The standard InChI is InChI=1S/C16H22N4O/c1-16(2,3)14(17)15(21)18-11-12-7-4-5-8-13(12)20-10-6-9-19-20/h4-10,14H,11,17H2,1-3H3,(H,18,21)/t14-/m1/s1. The Balaban J connectivity index is 2.10. The molecule has 0 spiro atoms. The van der Waals surface area contributed by atoms with Crippen LogP contribution in [0.4, 0.5) is 0 Å². The topological polar surface area (TPSA) is 72.9 Å². The number of amides is 1. The Hall–Kier alpha value is -2.14. The Labute approximate surface area is 125 Å². The van der Waals surface area contributed by atoms with Crippen LogP contribution < -0.4 is 11.1 Å². The van der Waals surface area contributed by atoms with Crippen LogP contribution in [0.15, 0.2) is 42.7 Å². The van der Waals surface area contributed by atoms with Crippen LogP contribution >= 0.6 is 0 Å². The summed E-state index contributed by atoms with van der Waals surface area (Å²) in [6.45, 7) is 6.29. The molecule has 0 aliphatic carbocycles. The first-order valence-corrected chi connectivity index (χ1v) is 7.01. The molecule has 0 aliphatic heterocycles. The summed E-state index contributed by atoms with van der Waals surface area (Å²) in [5, 5.41) is 7.13. The number of benzene rings is 1. The first-order valence-electron chi connectivity index (χ1n) is 7.01. The maximum atomic E-state index is 12.1. The van der Waals surface area contributed by atoms with Crippen LogP contribution in [-0.4, -0.2) is 21.7 Å². The van der Waals surface area contributed by atoms with Crippen molar-refractivity contribution in [2.45, 2.75) is 33.4 Å². The number of para-hydroxylation sites is 1. The molecule has 1 amide bonds. The third-order valence-electron chi connectivity index (χ3n) is 3.41. The molecule has 1 atom stereocenters. The van der Waals surface area contributed by atoms with Crippen molar-refractivity contribution in [2.75, 3.05) is 0 Å². The first kappa shape index (κ1) is 15.3. The van der Waals surface area contributed by atoms with Crippen LogP contribution in [0.1, 0.15) is 26.3 Å². The Bertz CT molecular complexity index is 599. The van der Waals surface area contributed by atoms with Gasteiger partial charge in [-0.1, -0.05) is 39.0 Å². The largest absolute Gasteiger partial charge is 0.351 e. The predicted octanol–water partition coefficient (Wildman–Crippen LogP) is 1.86. The summed E-state index contributed by atoms with van der Waals surface area (Å²) < 4.78 is 1.78. The molecular weight excluding hydrogens is 264 g/mol. The van der Waals surface area contributed by atoms with Gasteiger partial charge in [0.25, 0.3) is 0 Å². The number of nitrogens with one attached hydrogen (secondary N) is 1. The lowest BCUT2D eigenvalue weighted by molar-refractivity contribution is -0.124. The van der Waals surface area contributed by atoms with Crippen molar-refractivity contribution in [3.05, 3.63) is 48.3 Å². The van der Waals surface area contributed by atoms with Gasteiger partial charge in [0, 0.05) is 18.9 Å². The van der Waals surface area contributed by atoms with Crippen LogP contribution in [0.3, 0.4) is 0 Å². The fourth-order valence-electron chi connectivity index (χ4n) is 1.98. The lowest BCUT2D eigenvalue weighted by atomic mass is 9.87. The van der Waals surface area contributed by atoms with E-state index in [1.807, 2.05) is 57.3 Å². The van der Waals surface area contributed by atoms with E-state index in [-0.39, 0.29) is 11.3 Å². The van der Waals surface area contributed by atoms with Gasteiger partial charge in [-0.15, -0.1) is 0 Å². The van der Waals surface area contributed by atoms with Crippen LogP contribution in [-0.2, 0) is 11.3 Å². The van der Waals surface area contributed by atoms with Crippen molar-refractivity contribution in [2.24, 2.45) is 11.1 Å². The number of aromatic nitrogens is 2. The normalized spacial score (nSPS) is 13.0. The van der Waals surface area contributed by atoms with Crippen LogP contribution in [0.25, 0.3) is 5.69 Å². The number of hydrogen-bond acceptors (Lipinski definition) is 3. The zero-order valence-corrected chi connectivity index (χ0v) is 12.7. The molecule has 3 N–H and O–H groups in total. The summed E-state index contributed by atoms with van der Waals surface area (Å²) >= 11 is 0. The summed E-state index contributed by atoms with van der Waals surface area (Å²) in [7, 11) is 0. The van der Waals surface area contributed by atoms with Gasteiger partial charge < -0.3 is 11.1 Å². The van der Waals surface area contributed by atoms with Crippen molar-refractivity contribution in [3.8, 4) is 5.69 Å². The minimum atomic E-state index is -0.533. The Morgan fingerprint density at radius 2 is 2.05 bits per heavy atom. The number of rotatable bonds is 4. The zero-order chi connectivity index (χ0) is 15.5. The van der Waals surface area contributed by atoms with E-state index >= 15 is 0 Å². The second-order valence-electron chi connectivity index (χ2n) is 6.14. The first-order chi connectivity index (χ1) is 9.89. The molecule has 21 heavy (non-hydrogen) atoms. The van der Waals surface area contributed by atoms with Crippen LogP contribution in [0.5, 0.6) is 0 Å². The second-order valence-corrected chi connectivity index (χ2v) is 6.14. The molecule has 0 fully saturated rings. The highest BCUT2D eigenvalue weighted by atomic mass is 16.2. The van der Waals surface area contributed by atoms with Crippen molar-refractivity contribution in [1.29, 1.82) is 0 Å². The Kier molecular flexibility index (Phi) is 4.43. The van der Waals surface area contributed by atoms with E-state index in [4.69, 9.17) is 5.73 Å². The Morgan fingerprint density at radius 3 is 2.67 bits per heavy atom. The van der Waals surface area contributed by atoms with E-state index in [0.717, 1.165) is 11.3 Å². The molecule has 0 aliphatic rings. The van der Waals surface area contributed by atoms with E-state index in [1.54, 1.807) is 10.9 Å². The van der Waals surface area contributed by atoms with Gasteiger partial charge in [-0.05, 0) is 23.1 Å². The molecule has 2 aromatic rings. The van der Waals surface area contributed by atoms with Gasteiger partial charge in [0.2, 0.25) is 5.91 Å². The van der Waals surface area contributed by atoms with Gasteiger partial charge in [0.15, 0.2) is 0 Å². The summed E-state index contributed by atoms with van der Waals surface area (Å²) in [6.07, 6.45) is 3.60. The number of nitrogens with zero attached hydrogens (tertiary/aromatic N) is 2. The molecule has 0 unspecified atom stereocenters. The van der Waals surface area contributed by atoms with Crippen molar-refractivity contribution >= 4 is 5.91 Å². The number of hydrogen-bond donors (Lipinski definition) is 2. The molecule has 0 saturated heterocycles. The third-order valence-corrected chi connectivity index (χ3v) is 3.41. The summed E-state index contributed by atoms with van der Waals surface area (Å²) in [6, 6.07) is 9.17. The van der Waals surface area contributed by atoms with E-state index in [2.05, 4.69) is 10.4 Å². The number of nitrogens with two attached hydrogens (primary N) is 1. The highest BCUT2D eigenvalue weighted by Gasteiger charge is 2.27. The molecule has 0 bridgehead atoms. The highest BCUT2D eigenvalue weighted by molar-refractivity contribution is 5.82. The highest BCUT2D eigenvalue weighted by Crippen LogP contribution is 2.18. The summed E-state index contributed by atoms with van der Waals surface area (Å²) in [5.74, 6) is -0.141.